The van der Waals surface area contributed by atoms with Gasteiger partial charge in [-0.05, 0) is 69.6 Å². The fourth-order valence-corrected chi connectivity index (χ4v) is 5.50. The molecule has 4 saturated carbocycles. The van der Waals surface area contributed by atoms with Crippen LogP contribution in [0.25, 0.3) is 0 Å². The molecule has 0 aromatic heterocycles. The SMILES string of the molecule is CC(C)=CC(=O)OCC12CC3CC(CC(CO)(C3)C1)C2. The first kappa shape index (κ1) is 14.1. The van der Waals surface area contributed by atoms with Gasteiger partial charge in [0.15, 0.2) is 0 Å². The topological polar surface area (TPSA) is 46.5 Å². The Bertz CT molecular complexity index is 420. The molecule has 0 amide bonds. The van der Waals surface area contributed by atoms with E-state index < -0.39 is 0 Å². The molecule has 1 N–H and O–H groups in total. The zero-order valence-corrected chi connectivity index (χ0v) is 12.7. The number of aliphatic hydroxyl groups excluding tert-OH is 1. The summed E-state index contributed by atoms with van der Waals surface area (Å²) in [6, 6.07) is 0. The van der Waals surface area contributed by atoms with Crippen LogP contribution in [0.2, 0.25) is 0 Å². The Morgan fingerprint density at radius 1 is 1.20 bits per heavy atom. The lowest BCUT2D eigenvalue weighted by atomic mass is 9.44. The maximum atomic E-state index is 11.7. The van der Waals surface area contributed by atoms with E-state index in [0.717, 1.165) is 23.8 Å². The Balaban J connectivity index is 1.70. The fraction of sp³-hybridized carbons (Fsp3) is 0.824. The van der Waals surface area contributed by atoms with Crippen molar-refractivity contribution in [2.75, 3.05) is 13.2 Å². The van der Waals surface area contributed by atoms with Gasteiger partial charge >= 0.3 is 5.97 Å². The zero-order chi connectivity index (χ0) is 14.4. The Morgan fingerprint density at radius 3 is 2.35 bits per heavy atom. The average molecular weight is 278 g/mol. The first-order valence-electron chi connectivity index (χ1n) is 7.87. The van der Waals surface area contributed by atoms with Crippen LogP contribution in [0.15, 0.2) is 11.6 Å². The maximum Gasteiger partial charge on any atom is 0.330 e. The van der Waals surface area contributed by atoms with Gasteiger partial charge in [-0.2, -0.15) is 0 Å². The van der Waals surface area contributed by atoms with Crippen LogP contribution in [0.5, 0.6) is 0 Å². The molecule has 0 saturated heterocycles. The molecule has 0 aromatic rings. The van der Waals surface area contributed by atoms with Crippen LogP contribution < -0.4 is 0 Å². The fourth-order valence-electron chi connectivity index (χ4n) is 5.50. The molecule has 112 valence electrons. The molecular weight excluding hydrogens is 252 g/mol. The van der Waals surface area contributed by atoms with Crippen molar-refractivity contribution >= 4 is 5.97 Å². The van der Waals surface area contributed by atoms with Crippen molar-refractivity contribution in [3.63, 3.8) is 0 Å². The molecule has 0 heterocycles. The van der Waals surface area contributed by atoms with Crippen LogP contribution in [0.3, 0.4) is 0 Å². The minimum Gasteiger partial charge on any atom is -0.462 e. The van der Waals surface area contributed by atoms with E-state index in [2.05, 4.69) is 0 Å². The van der Waals surface area contributed by atoms with Crippen molar-refractivity contribution in [2.45, 2.75) is 52.4 Å². The van der Waals surface area contributed by atoms with E-state index in [1.807, 2.05) is 13.8 Å². The smallest absolute Gasteiger partial charge is 0.330 e. The molecule has 4 bridgehead atoms. The van der Waals surface area contributed by atoms with E-state index in [9.17, 15) is 9.90 Å². The zero-order valence-electron chi connectivity index (χ0n) is 12.7. The van der Waals surface area contributed by atoms with Crippen LogP contribution in [0, 0.1) is 22.7 Å². The minimum absolute atomic E-state index is 0.132. The van der Waals surface area contributed by atoms with Gasteiger partial charge in [0.2, 0.25) is 0 Å². The number of hydrogen-bond donors (Lipinski definition) is 1. The van der Waals surface area contributed by atoms with Crippen molar-refractivity contribution in [1.82, 2.24) is 0 Å². The summed E-state index contributed by atoms with van der Waals surface area (Å²) in [5.74, 6) is 1.27. The lowest BCUT2D eigenvalue weighted by Crippen LogP contribution is -2.55. The summed E-state index contributed by atoms with van der Waals surface area (Å²) in [4.78, 5) is 11.7. The van der Waals surface area contributed by atoms with Gasteiger partial charge in [-0.3, -0.25) is 0 Å². The third kappa shape index (κ3) is 2.52. The highest BCUT2D eigenvalue weighted by atomic mass is 16.5. The van der Waals surface area contributed by atoms with Gasteiger partial charge in [0.1, 0.15) is 0 Å². The number of hydrogen-bond acceptors (Lipinski definition) is 3. The van der Waals surface area contributed by atoms with Gasteiger partial charge in [-0.1, -0.05) is 5.57 Å². The molecular formula is C17H26O3. The quantitative estimate of drug-likeness (QED) is 0.635. The predicted molar refractivity (Wildman–Crippen MR) is 77.0 cm³/mol. The van der Waals surface area contributed by atoms with E-state index in [-0.39, 0.29) is 16.8 Å². The summed E-state index contributed by atoms with van der Waals surface area (Å²) in [5.41, 5.74) is 1.26. The highest BCUT2D eigenvalue weighted by Gasteiger charge is 2.57. The highest BCUT2D eigenvalue weighted by Crippen LogP contribution is 2.65. The van der Waals surface area contributed by atoms with Gasteiger partial charge in [0.25, 0.3) is 0 Å². The summed E-state index contributed by atoms with van der Waals surface area (Å²) < 4.78 is 5.53. The Morgan fingerprint density at radius 2 is 1.80 bits per heavy atom. The monoisotopic (exact) mass is 278 g/mol. The number of esters is 1. The van der Waals surface area contributed by atoms with Crippen LogP contribution in [-0.2, 0) is 9.53 Å². The number of carbonyl (C=O) groups is 1. The molecule has 0 spiro atoms. The van der Waals surface area contributed by atoms with Crippen molar-refractivity contribution in [3.05, 3.63) is 11.6 Å². The van der Waals surface area contributed by atoms with Gasteiger partial charge in [0, 0.05) is 18.1 Å². The molecule has 0 aliphatic heterocycles. The van der Waals surface area contributed by atoms with E-state index in [1.54, 1.807) is 6.08 Å². The largest absolute Gasteiger partial charge is 0.462 e. The molecule has 0 aromatic carbocycles. The molecule has 3 nitrogen and oxygen atoms in total. The van der Waals surface area contributed by atoms with E-state index in [1.165, 1.54) is 32.1 Å². The standard InChI is InChI=1S/C17H26O3/c1-12(2)3-15(19)20-11-17-7-13-4-14(8-17)6-16(5-13,9-17)10-18/h3,13-14,18H,4-11H2,1-2H3. The lowest BCUT2D eigenvalue weighted by Gasteiger charge is -2.61. The molecule has 4 fully saturated rings. The summed E-state index contributed by atoms with van der Waals surface area (Å²) in [5, 5.41) is 9.83. The number of carbonyl (C=O) groups excluding carboxylic acids is 1. The number of rotatable bonds is 4. The second-order valence-electron chi connectivity index (χ2n) is 7.95. The van der Waals surface area contributed by atoms with E-state index in [4.69, 9.17) is 4.74 Å². The summed E-state index contributed by atoms with van der Waals surface area (Å²) >= 11 is 0. The Kier molecular flexibility index (Phi) is 3.44. The normalized spacial score (nSPS) is 41.5. The molecule has 20 heavy (non-hydrogen) atoms. The summed E-state index contributed by atoms with van der Waals surface area (Å²) in [6.45, 7) is 4.67. The number of aliphatic hydroxyl groups is 1. The van der Waals surface area contributed by atoms with Crippen molar-refractivity contribution in [2.24, 2.45) is 22.7 Å². The van der Waals surface area contributed by atoms with E-state index >= 15 is 0 Å². The molecule has 3 heteroatoms. The molecule has 4 aliphatic rings. The molecule has 2 atom stereocenters. The third-order valence-electron chi connectivity index (χ3n) is 5.57. The van der Waals surface area contributed by atoms with Crippen molar-refractivity contribution < 1.29 is 14.6 Å². The summed E-state index contributed by atoms with van der Waals surface area (Å²) in [6.07, 6.45) is 8.69. The van der Waals surface area contributed by atoms with Crippen molar-refractivity contribution in [1.29, 1.82) is 0 Å². The highest BCUT2D eigenvalue weighted by molar-refractivity contribution is 5.82. The second kappa shape index (κ2) is 4.87. The summed E-state index contributed by atoms with van der Waals surface area (Å²) in [7, 11) is 0. The Labute approximate surface area is 121 Å². The maximum absolute atomic E-state index is 11.7. The minimum atomic E-state index is -0.209. The van der Waals surface area contributed by atoms with Crippen molar-refractivity contribution in [3.8, 4) is 0 Å². The van der Waals surface area contributed by atoms with Gasteiger partial charge in [-0.25, -0.2) is 4.79 Å². The average Bonchev–Trinajstić information content (AvgIpc) is 2.34. The lowest BCUT2D eigenvalue weighted by molar-refractivity contribution is -0.166. The molecule has 2 unspecified atom stereocenters. The van der Waals surface area contributed by atoms with Gasteiger partial charge in [-0.15, -0.1) is 0 Å². The molecule has 4 aliphatic carbocycles. The van der Waals surface area contributed by atoms with E-state index in [0.29, 0.717) is 13.2 Å². The first-order chi connectivity index (χ1) is 9.44. The van der Waals surface area contributed by atoms with Crippen LogP contribution in [-0.4, -0.2) is 24.3 Å². The van der Waals surface area contributed by atoms with Gasteiger partial charge in [0.05, 0.1) is 6.61 Å². The number of ether oxygens (including phenoxy) is 1. The second-order valence-corrected chi connectivity index (χ2v) is 7.95. The van der Waals surface area contributed by atoms with Crippen LogP contribution in [0.1, 0.15) is 52.4 Å². The molecule has 4 rings (SSSR count). The predicted octanol–water partition coefficient (Wildman–Crippen LogP) is 3.07. The third-order valence-corrected chi connectivity index (χ3v) is 5.57. The molecule has 0 radical (unpaired) electrons. The van der Waals surface area contributed by atoms with Crippen LogP contribution >= 0.6 is 0 Å². The van der Waals surface area contributed by atoms with Crippen LogP contribution in [0.4, 0.5) is 0 Å². The Hall–Kier alpha value is -0.830. The van der Waals surface area contributed by atoms with Gasteiger partial charge < -0.3 is 9.84 Å². The first-order valence-corrected chi connectivity index (χ1v) is 7.87. The number of allylic oxidation sites excluding steroid dienone is 1.